The second kappa shape index (κ2) is 8.76. The quantitative estimate of drug-likeness (QED) is 0.790. The number of nitrogens with one attached hydrogen (secondary N) is 1. The number of anilines is 1. The number of hydrogen-bond donors (Lipinski definition) is 1. The Labute approximate surface area is 164 Å². The number of carbonyl (C=O) groups excluding carboxylic acids is 1. The van der Waals surface area contributed by atoms with Crippen LogP contribution in [0.1, 0.15) is 18.4 Å². The van der Waals surface area contributed by atoms with Crippen LogP contribution in [0, 0.1) is 5.92 Å². The summed E-state index contributed by atoms with van der Waals surface area (Å²) < 4.78 is 5.30. The van der Waals surface area contributed by atoms with E-state index in [1.54, 1.807) is 25.3 Å². The molecule has 0 aromatic heterocycles. The van der Waals surface area contributed by atoms with Crippen molar-refractivity contribution in [2.45, 2.75) is 19.4 Å². The van der Waals surface area contributed by atoms with Crippen LogP contribution in [0.4, 0.5) is 5.69 Å². The Morgan fingerprint density at radius 1 is 1.19 bits per heavy atom. The number of hydrogen-bond acceptors (Lipinski definition) is 3. The van der Waals surface area contributed by atoms with Gasteiger partial charge < -0.3 is 10.1 Å². The molecule has 0 saturated carbocycles. The Kier molecular flexibility index (Phi) is 6.41. The fourth-order valence-corrected chi connectivity index (χ4v) is 3.57. The van der Waals surface area contributed by atoms with Crippen LogP contribution < -0.4 is 10.1 Å². The lowest BCUT2D eigenvalue weighted by Gasteiger charge is -2.32. The summed E-state index contributed by atoms with van der Waals surface area (Å²) in [5.41, 5.74) is 1.81. The van der Waals surface area contributed by atoms with E-state index in [9.17, 15) is 4.79 Å². The molecule has 1 heterocycles. The van der Waals surface area contributed by atoms with Gasteiger partial charge in [0.2, 0.25) is 5.91 Å². The molecule has 1 atom stereocenters. The maximum absolute atomic E-state index is 12.7. The minimum absolute atomic E-state index is 0.00590. The maximum atomic E-state index is 12.7. The molecule has 1 saturated heterocycles. The van der Waals surface area contributed by atoms with E-state index < -0.39 is 0 Å². The number of amides is 1. The summed E-state index contributed by atoms with van der Waals surface area (Å²) in [6.45, 7) is 2.55. The van der Waals surface area contributed by atoms with Gasteiger partial charge in [0.05, 0.1) is 18.7 Å². The largest absolute Gasteiger partial charge is 0.495 e. The van der Waals surface area contributed by atoms with Crippen LogP contribution in [0.2, 0.25) is 10.0 Å². The van der Waals surface area contributed by atoms with Crippen molar-refractivity contribution in [1.82, 2.24) is 4.90 Å². The lowest BCUT2D eigenvalue weighted by molar-refractivity contribution is -0.121. The van der Waals surface area contributed by atoms with E-state index in [1.807, 2.05) is 24.3 Å². The molecule has 0 bridgehead atoms. The molecule has 1 aliphatic rings. The van der Waals surface area contributed by atoms with Crippen molar-refractivity contribution in [3.8, 4) is 5.75 Å². The molecular formula is C20H22Cl2N2O2. The van der Waals surface area contributed by atoms with Gasteiger partial charge in [0.25, 0.3) is 0 Å². The van der Waals surface area contributed by atoms with Gasteiger partial charge in [-0.1, -0.05) is 35.3 Å². The first-order chi connectivity index (χ1) is 12.5. The summed E-state index contributed by atoms with van der Waals surface area (Å²) >= 11 is 12.0. The molecule has 138 valence electrons. The summed E-state index contributed by atoms with van der Waals surface area (Å²) in [6.07, 6.45) is 1.88. The van der Waals surface area contributed by atoms with Gasteiger partial charge in [-0.05, 0) is 55.3 Å². The molecule has 1 amide bonds. The third-order valence-corrected chi connectivity index (χ3v) is 5.10. The summed E-state index contributed by atoms with van der Waals surface area (Å²) in [6, 6.07) is 13.1. The number of methoxy groups -OCH3 is 1. The predicted molar refractivity (Wildman–Crippen MR) is 106 cm³/mol. The van der Waals surface area contributed by atoms with Gasteiger partial charge in [0.1, 0.15) is 5.75 Å². The van der Waals surface area contributed by atoms with Crippen molar-refractivity contribution >= 4 is 34.8 Å². The first-order valence-electron chi connectivity index (χ1n) is 8.66. The van der Waals surface area contributed by atoms with Gasteiger partial charge in [-0.3, -0.25) is 9.69 Å². The van der Waals surface area contributed by atoms with E-state index in [2.05, 4.69) is 10.2 Å². The molecule has 6 heteroatoms. The zero-order chi connectivity index (χ0) is 18.5. The molecule has 0 aliphatic carbocycles. The standard InChI is InChI=1S/C20H22Cl2N2O2/c1-26-19-9-8-17(22)11-18(19)23-20(25)15-3-2-10-24(13-15)12-14-4-6-16(21)7-5-14/h4-9,11,15H,2-3,10,12-13H2,1H3,(H,23,25)/t15-/m0/s1. The average molecular weight is 393 g/mol. The molecule has 1 aliphatic heterocycles. The monoisotopic (exact) mass is 392 g/mol. The minimum Gasteiger partial charge on any atom is -0.495 e. The predicted octanol–water partition coefficient (Wildman–Crippen LogP) is 4.85. The molecule has 3 rings (SSSR count). The van der Waals surface area contributed by atoms with Gasteiger partial charge in [0.15, 0.2) is 0 Å². The van der Waals surface area contributed by atoms with E-state index in [-0.39, 0.29) is 11.8 Å². The molecule has 4 nitrogen and oxygen atoms in total. The van der Waals surface area contributed by atoms with Crippen molar-refractivity contribution in [1.29, 1.82) is 0 Å². The number of piperidine rings is 1. The van der Waals surface area contributed by atoms with Crippen molar-refractivity contribution in [3.63, 3.8) is 0 Å². The normalized spacial score (nSPS) is 17.7. The van der Waals surface area contributed by atoms with Crippen molar-refractivity contribution in [3.05, 3.63) is 58.1 Å². The van der Waals surface area contributed by atoms with Crippen molar-refractivity contribution in [2.75, 3.05) is 25.5 Å². The van der Waals surface area contributed by atoms with E-state index in [0.717, 1.165) is 37.5 Å². The van der Waals surface area contributed by atoms with Crippen LogP contribution in [0.25, 0.3) is 0 Å². The number of ether oxygens (including phenoxy) is 1. The highest BCUT2D eigenvalue weighted by molar-refractivity contribution is 6.31. The number of nitrogens with zero attached hydrogens (tertiary/aromatic N) is 1. The van der Waals surface area contributed by atoms with Gasteiger partial charge in [-0.25, -0.2) is 0 Å². The Bertz CT molecular complexity index is 765. The van der Waals surface area contributed by atoms with E-state index in [4.69, 9.17) is 27.9 Å². The first kappa shape index (κ1) is 19.0. The Morgan fingerprint density at radius 3 is 2.65 bits per heavy atom. The smallest absolute Gasteiger partial charge is 0.228 e. The van der Waals surface area contributed by atoms with Crippen LogP contribution in [0.15, 0.2) is 42.5 Å². The van der Waals surface area contributed by atoms with E-state index in [0.29, 0.717) is 16.5 Å². The van der Waals surface area contributed by atoms with Crippen molar-refractivity contribution in [2.24, 2.45) is 5.92 Å². The molecule has 0 radical (unpaired) electrons. The van der Waals surface area contributed by atoms with Gasteiger partial charge in [-0.15, -0.1) is 0 Å². The Balaban J connectivity index is 1.62. The van der Waals surface area contributed by atoms with E-state index >= 15 is 0 Å². The fourth-order valence-electron chi connectivity index (χ4n) is 3.27. The van der Waals surface area contributed by atoms with Gasteiger partial charge in [0, 0.05) is 23.1 Å². The number of halogens is 2. The first-order valence-corrected chi connectivity index (χ1v) is 9.42. The molecule has 1 N–H and O–H groups in total. The average Bonchev–Trinajstić information content (AvgIpc) is 2.64. The number of rotatable bonds is 5. The third-order valence-electron chi connectivity index (χ3n) is 4.62. The molecule has 0 unspecified atom stereocenters. The van der Waals surface area contributed by atoms with E-state index in [1.165, 1.54) is 5.56 Å². The van der Waals surface area contributed by atoms with Crippen LogP contribution in [-0.4, -0.2) is 31.0 Å². The maximum Gasteiger partial charge on any atom is 0.228 e. The Morgan fingerprint density at radius 2 is 1.92 bits per heavy atom. The zero-order valence-corrected chi connectivity index (χ0v) is 16.2. The summed E-state index contributed by atoms with van der Waals surface area (Å²) in [4.78, 5) is 15.0. The number of likely N-dealkylation sites (tertiary alicyclic amines) is 1. The highest BCUT2D eigenvalue weighted by Gasteiger charge is 2.26. The molecule has 26 heavy (non-hydrogen) atoms. The zero-order valence-electron chi connectivity index (χ0n) is 14.7. The highest BCUT2D eigenvalue weighted by Crippen LogP contribution is 2.29. The van der Waals surface area contributed by atoms with Crippen LogP contribution in [0.5, 0.6) is 5.75 Å². The second-order valence-corrected chi connectivity index (χ2v) is 7.41. The second-order valence-electron chi connectivity index (χ2n) is 6.53. The number of carbonyl (C=O) groups is 1. The van der Waals surface area contributed by atoms with Crippen molar-refractivity contribution < 1.29 is 9.53 Å². The minimum atomic E-state index is -0.0558. The van der Waals surface area contributed by atoms with Crippen LogP contribution in [-0.2, 0) is 11.3 Å². The molecule has 2 aromatic carbocycles. The lowest BCUT2D eigenvalue weighted by Crippen LogP contribution is -2.40. The fraction of sp³-hybridized carbons (Fsp3) is 0.350. The highest BCUT2D eigenvalue weighted by atomic mass is 35.5. The molecule has 2 aromatic rings. The van der Waals surface area contributed by atoms with Gasteiger partial charge >= 0.3 is 0 Å². The molecule has 1 fully saturated rings. The summed E-state index contributed by atoms with van der Waals surface area (Å²) in [5, 5.41) is 4.27. The topological polar surface area (TPSA) is 41.6 Å². The van der Waals surface area contributed by atoms with Gasteiger partial charge in [-0.2, -0.15) is 0 Å². The lowest BCUT2D eigenvalue weighted by atomic mass is 9.96. The Hall–Kier alpha value is -1.75. The van der Waals surface area contributed by atoms with Crippen LogP contribution in [0.3, 0.4) is 0 Å². The molecule has 0 spiro atoms. The SMILES string of the molecule is COc1ccc(Cl)cc1NC(=O)[C@H]1CCCN(Cc2ccc(Cl)cc2)C1. The summed E-state index contributed by atoms with van der Waals surface area (Å²) in [7, 11) is 1.58. The third kappa shape index (κ3) is 4.91. The number of benzene rings is 2. The van der Waals surface area contributed by atoms with Crippen LogP contribution >= 0.6 is 23.2 Å². The summed E-state index contributed by atoms with van der Waals surface area (Å²) in [5.74, 6) is 0.558. The molecular weight excluding hydrogens is 371 g/mol.